The predicted octanol–water partition coefficient (Wildman–Crippen LogP) is -1.16. The SMILES string of the molecule is [C-]1=C2CCC(=C1)C2.[Li+]. The summed E-state index contributed by atoms with van der Waals surface area (Å²) in [7, 11) is 0. The van der Waals surface area contributed by atoms with Crippen molar-refractivity contribution in [1.82, 2.24) is 0 Å². The molecule has 0 aromatic carbocycles. The summed E-state index contributed by atoms with van der Waals surface area (Å²) < 4.78 is 0. The van der Waals surface area contributed by atoms with E-state index in [1.807, 2.05) is 0 Å². The van der Waals surface area contributed by atoms with Crippen LogP contribution in [0.3, 0.4) is 0 Å². The van der Waals surface area contributed by atoms with Crippen LogP contribution in [0, 0.1) is 6.08 Å². The molecule has 8 heavy (non-hydrogen) atoms. The van der Waals surface area contributed by atoms with Gasteiger partial charge in [-0.2, -0.15) is 5.57 Å². The molecular weight excluding hydrogens is 91.0 g/mol. The molecule has 2 aliphatic rings. The molecule has 0 unspecified atom stereocenters. The Bertz CT molecular complexity index is 136. The van der Waals surface area contributed by atoms with Crippen molar-refractivity contribution < 1.29 is 18.9 Å². The van der Waals surface area contributed by atoms with Gasteiger partial charge in [0.1, 0.15) is 0 Å². The van der Waals surface area contributed by atoms with Gasteiger partial charge in [0, 0.05) is 0 Å². The number of allylic oxidation sites excluding steroid dienone is 4. The van der Waals surface area contributed by atoms with Crippen molar-refractivity contribution in [2.24, 2.45) is 0 Å². The Balaban J connectivity index is 0.000000320. The molecule has 1 fully saturated rings. The molecule has 2 aliphatic carbocycles. The van der Waals surface area contributed by atoms with Gasteiger partial charge in [-0.15, -0.1) is 0 Å². The molecule has 0 radical (unpaired) electrons. The van der Waals surface area contributed by atoms with Crippen molar-refractivity contribution in [2.75, 3.05) is 0 Å². The van der Waals surface area contributed by atoms with Gasteiger partial charge < -0.3 is 0 Å². The van der Waals surface area contributed by atoms with Gasteiger partial charge in [-0.3, -0.25) is 6.08 Å². The third kappa shape index (κ3) is 0.791. The first kappa shape index (κ1) is 6.20. The van der Waals surface area contributed by atoms with Crippen LogP contribution in [0.25, 0.3) is 0 Å². The fourth-order valence-electron chi connectivity index (χ4n) is 1.21. The Morgan fingerprint density at radius 1 is 1.38 bits per heavy atom. The van der Waals surface area contributed by atoms with E-state index in [-0.39, 0.29) is 18.9 Å². The maximum atomic E-state index is 3.21. The van der Waals surface area contributed by atoms with E-state index in [1.165, 1.54) is 24.8 Å². The van der Waals surface area contributed by atoms with Crippen LogP contribution >= 0.6 is 0 Å². The molecular formula is C7H7Li. The molecule has 36 valence electrons. The molecule has 0 nitrogen and oxygen atoms in total. The zero-order chi connectivity index (χ0) is 4.69. The quantitative estimate of drug-likeness (QED) is 0.265. The summed E-state index contributed by atoms with van der Waals surface area (Å²) in [6, 6.07) is 0. The van der Waals surface area contributed by atoms with E-state index in [1.54, 1.807) is 5.57 Å². The summed E-state index contributed by atoms with van der Waals surface area (Å²) >= 11 is 0. The molecule has 1 heteroatoms. The topological polar surface area (TPSA) is 0 Å². The summed E-state index contributed by atoms with van der Waals surface area (Å²) in [4.78, 5) is 0. The normalized spacial score (nSPS) is 22.0. The molecule has 2 rings (SSSR count). The Kier molecular flexibility index (Phi) is 1.65. The molecule has 1 saturated carbocycles. The average molecular weight is 98.1 g/mol. The van der Waals surface area contributed by atoms with Crippen LogP contribution < -0.4 is 18.9 Å². The largest absolute Gasteiger partial charge is 1.00 e. The minimum absolute atomic E-state index is 0. The smallest absolute Gasteiger partial charge is 0.253 e. The Hall–Kier alpha value is 0.0774. The minimum atomic E-state index is 0. The van der Waals surface area contributed by atoms with Gasteiger partial charge in [0.05, 0.1) is 0 Å². The van der Waals surface area contributed by atoms with Gasteiger partial charge >= 0.3 is 18.9 Å². The first-order valence-electron chi connectivity index (χ1n) is 2.74. The second-order valence-corrected chi connectivity index (χ2v) is 2.23. The van der Waals surface area contributed by atoms with E-state index < -0.39 is 0 Å². The van der Waals surface area contributed by atoms with Gasteiger partial charge in [-0.1, -0.05) is 19.3 Å². The standard InChI is InChI=1S/C7H7.Li/c1-2-7-4-3-6(1)5-7;/h1H,3-5H2;/q-1;+1. The van der Waals surface area contributed by atoms with E-state index in [9.17, 15) is 0 Å². The number of fused-ring (bicyclic) bond motifs is 2. The number of hydrogen-bond acceptors (Lipinski definition) is 0. The Labute approximate surface area is 61.8 Å². The molecule has 0 aromatic heterocycles. The zero-order valence-electron chi connectivity index (χ0n) is 5.20. The molecule has 0 N–H and O–H groups in total. The summed E-state index contributed by atoms with van der Waals surface area (Å²) in [5.41, 5.74) is 3.12. The van der Waals surface area contributed by atoms with E-state index in [0.717, 1.165) is 0 Å². The average Bonchev–Trinajstić information content (AvgIpc) is 2.22. The third-order valence-electron chi connectivity index (χ3n) is 1.67. The van der Waals surface area contributed by atoms with Gasteiger partial charge in [0.25, 0.3) is 0 Å². The van der Waals surface area contributed by atoms with Crippen molar-refractivity contribution in [3.63, 3.8) is 0 Å². The van der Waals surface area contributed by atoms with Crippen molar-refractivity contribution in [2.45, 2.75) is 19.3 Å². The summed E-state index contributed by atoms with van der Waals surface area (Å²) in [5, 5.41) is 0. The van der Waals surface area contributed by atoms with Crippen LogP contribution in [0.4, 0.5) is 0 Å². The van der Waals surface area contributed by atoms with E-state index >= 15 is 0 Å². The minimum Gasteiger partial charge on any atom is -0.253 e. The van der Waals surface area contributed by atoms with Crippen molar-refractivity contribution in [3.8, 4) is 0 Å². The van der Waals surface area contributed by atoms with Crippen molar-refractivity contribution in [1.29, 1.82) is 0 Å². The molecule has 0 saturated heterocycles. The second kappa shape index (κ2) is 2.13. The van der Waals surface area contributed by atoms with Crippen molar-refractivity contribution >= 4 is 0 Å². The molecule has 0 amide bonds. The first-order valence-corrected chi connectivity index (χ1v) is 2.74. The van der Waals surface area contributed by atoms with Crippen LogP contribution in [0.1, 0.15) is 19.3 Å². The summed E-state index contributed by atoms with van der Waals surface area (Å²) in [6.07, 6.45) is 9.22. The Morgan fingerprint density at radius 2 is 2.25 bits per heavy atom. The Morgan fingerprint density at radius 3 is 2.38 bits per heavy atom. The molecule has 0 aromatic rings. The number of rotatable bonds is 0. The van der Waals surface area contributed by atoms with Crippen LogP contribution in [0.2, 0.25) is 0 Å². The maximum Gasteiger partial charge on any atom is 1.00 e. The monoisotopic (exact) mass is 98.1 g/mol. The van der Waals surface area contributed by atoms with Gasteiger partial charge in [0.2, 0.25) is 0 Å². The van der Waals surface area contributed by atoms with E-state index in [0.29, 0.717) is 0 Å². The van der Waals surface area contributed by atoms with Crippen LogP contribution in [-0.2, 0) is 0 Å². The molecule has 0 spiro atoms. The predicted molar refractivity (Wildman–Crippen MR) is 28.7 cm³/mol. The van der Waals surface area contributed by atoms with Crippen LogP contribution in [-0.4, -0.2) is 0 Å². The van der Waals surface area contributed by atoms with E-state index in [4.69, 9.17) is 0 Å². The van der Waals surface area contributed by atoms with Crippen LogP contribution in [0.5, 0.6) is 0 Å². The summed E-state index contributed by atoms with van der Waals surface area (Å²) in [5.74, 6) is 0. The third-order valence-corrected chi connectivity index (χ3v) is 1.67. The first-order chi connectivity index (χ1) is 3.45. The van der Waals surface area contributed by atoms with Gasteiger partial charge in [0.15, 0.2) is 0 Å². The molecule has 0 aliphatic heterocycles. The van der Waals surface area contributed by atoms with E-state index in [2.05, 4.69) is 12.2 Å². The molecule has 2 bridgehead atoms. The summed E-state index contributed by atoms with van der Waals surface area (Å²) in [6.45, 7) is 0. The van der Waals surface area contributed by atoms with Gasteiger partial charge in [-0.05, 0) is 0 Å². The molecule has 0 atom stereocenters. The fraction of sp³-hybridized carbons (Fsp3) is 0.429. The van der Waals surface area contributed by atoms with Crippen LogP contribution in [0.15, 0.2) is 17.2 Å². The molecule has 0 heterocycles. The second-order valence-electron chi connectivity index (χ2n) is 2.23. The van der Waals surface area contributed by atoms with Gasteiger partial charge in [-0.25, -0.2) is 11.6 Å². The zero-order valence-corrected chi connectivity index (χ0v) is 5.20. The maximum absolute atomic E-state index is 3.21. The fourth-order valence-corrected chi connectivity index (χ4v) is 1.21. The number of hydrogen-bond donors (Lipinski definition) is 0. The van der Waals surface area contributed by atoms with Crippen molar-refractivity contribution in [3.05, 3.63) is 23.3 Å².